The molecule has 2 aromatic carbocycles. The second-order valence-corrected chi connectivity index (χ2v) is 4.59. The summed E-state index contributed by atoms with van der Waals surface area (Å²) >= 11 is 5.71. The molecular formula is C14H7ClF6O. The number of hydrogen-bond acceptors (Lipinski definition) is 1. The SMILES string of the molecule is FC(F)(F)Oc1ccccc1-c1cccc(C(F)(F)F)c1Cl. The predicted octanol–water partition coefficient (Wildman–Crippen LogP) is 5.92. The Balaban J connectivity index is 2.59. The van der Waals surface area contributed by atoms with Crippen LogP contribution in [0.15, 0.2) is 42.5 Å². The molecule has 0 aliphatic rings. The lowest BCUT2D eigenvalue weighted by molar-refractivity contribution is -0.274. The number of alkyl halides is 6. The first kappa shape index (κ1) is 16.5. The van der Waals surface area contributed by atoms with E-state index in [0.717, 1.165) is 18.2 Å². The second kappa shape index (κ2) is 5.72. The summed E-state index contributed by atoms with van der Waals surface area (Å²) in [5.41, 5.74) is -1.51. The summed E-state index contributed by atoms with van der Waals surface area (Å²) < 4.78 is 79.4. The van der Waals surface area contributed by atoms with Crippen LogP contribution in [0.3, 0.4) is 0 Å². The van der Waals surface area contributed by atoms with Gasteiger partial charge < -0.3 is 4.74 Å². The number of para-hydroxylation sites is 1. The van der Waals surface area contributed by atoms with Gasteiger partial charge in [0.25, 0.3) is 0 Å². The lowest BCUT2D eigenvalue weighted by Gasteiger charge is -2.16. The average molecular weight is 341 g/mol. The van der Waals surface area contributed by atoms with Crippen molar-refractivity contribution in [3.63, 3.8) is 0 Å². The zero-order chi connectivity index (χ0) is 16.5. The highest BCUT2D eigenvalue weighted by Crippen LogP contribution is 2.42. The maximum atomic E-state index is 12.8. The van der Waals surface area contributed by atoms with Crippen molar-refractivity contribution in [1.29, 1.82) is 0 Å². The fourth-order valence-corrected chi connectivity index (χ4v) is 2.20. The topological polar surface area (TPSA) is 9.23 Å². The van der Waals surface area contributed by atoms with E-state index in [9.17, 15) is 26.3 Å². The van der Waals surface area contributed by atoms with Gasteiger partial charge in [0, 0.05) is 11.1 Å². The van der Waals surface area contributed by atoms with Crippen molar-refractivity contribution in [2.75, 3.05) is 0 Å². The molecule has 0 unspecified atom stereocenters. The van der Waals surface area contributed by atoms with Crippen molar-refractivity contribution in [3.05, 3.63) is 53.1 Å². The van der Waals surface area contributed by atoms with Crippen molar-refractivity contribution in [1.82, 2.24) is 0 Å². The number of benzene rings is 2. The molecule has 0 N–H and O–H groups in total. The molecule has 22 heavy (non-hydrogen) atoms. The highest BCUT2D eigenvalue weighted by atomic mass is 35.5. The summed E-state index contributed by atoms with van der Waals surface area (Å²) in [7, 11) is 0. The van der Waals surface area contributed by atoms with Crippen LogP contribution in [-0.4, -0.2) is 6.36 Å². The Morgan fingerprint density at radius 3 is 1.95 bits per heavy atom. The van der Waals surface area contributed by atoms with Crippen LogP contribution in [-0.2, 0) is 6.18 Å². The molecule has 0 radical (unpaired) electrons. The molecular weight excluding hydrogens is 334 g/mol. The molecule has 0 saturated carbocycles. The first-order chi connectivity index (χ1) is 10.1. The van der Waals surface area contributed by atoms with Crippen LogP contribution in [0.1, 0.15) is 5.56 Å². The first-order valence-electron chi connectivity index (χ1n) is 5.80. The molecule has 0 heterocycles. The summed E-state index contributed by atoms with van der Waals surface area (Å²) in [6, 6.07) is 7.84. The fourth-order valence-electron chi connectivity index (χ4n) is 1.86. The Kier molecular flexibility index (Phi) is 4.28. The predicted molar refractivity (Wildman–Crippen MR) is 68.6 cm³/mol. The number of rotatable bonds is 2. The van der Waals surface area contributed by atoms with Gasteiger partial charge in [-0.25, -0.2) is 0 Å². The minimum Gasteiger partial charge on any atom is -0.405 e. The van der Waals surface area contributed by atoms with E-state index < -0.39 is 28.9 Å². The monoisotopic (exact) mass is 340 g/mol. The first-order valence-corrected chi connectivity index (χ1v) is 6.18. The van der Waals surface area contributed by atoms with Crippen LogP contribution in [0, 0.1) is 0 Å². The third-order valence-electron chi connectivity index (χ3n) is 2.71. The van der Waals surface area contributed by atoms with E-state index in [1.165, 1.54) is 24.3 Å². The van der Waals surface area contributed by atoms with Crippen LogP contribution in [0.2, 0.25) is 5.02 Å². The molecule has 0 atom stereocenters. The maximum Gasteiger partial charge on any atom is 0.573 e. The van der Waals surface area contributed by atoms with Gasteiger partial charge in [-0.3, -0.25) is 0 Å². The van der Waals surface area contributed by atoms with E-state index in [1.54, 1.807) is 0 Å². The van der Waals surface area contributed by atoms with Gasteiger partial charge in [0.15, 0.2) is 0 Å². The minimum atomic E-state index is -4.97. The van der Waals surface area contributed by atoms with Gasteiger partial charge in [0.05, 0.1) is 10.6 Å². The van der Waals surface area contributed by atoms with E-state index in [1.807, 2.05) is 0 Å². The summed E-state index contributed by atoms with van der Waals surface area (Å²) in [6.45, 7) is 0. The Morgan fingerprint density at radius 2 is 1.36 bits per heavy atom. The molecule has 0 aromatic heterocycles. The molecule has 8 heteroatoms. The lowest BCUT2D eigenvalue weighted by atomic mass is 10.0. The van der Waals surface area contributed by atoms with Gasteiger partial charge in [0.2, 0.25) is 0 Å². The molecule has 0 bridgehead atoms. The largest absolute Gasteiger partial charge is 0.573 e. The third-order valence-corrected chi connectivity index (χ3v) is 3.11. The molecule has 0 fully saturated rings. The van der Waals surface area contributed by atoms with Crippen molar-refractivity contribution in [3.8, 4) is 16.9 Å². The molecule has 2 aromatic rings. The second-order valence-electron chi connectivity index (χ2n) is 4.21. The molecule has 0 spiro atoms. The normalized spacial score (nSPS) is 12.3. The number of hydrogen-bond donors (Lipinski definition) is 0. The molecule has 0 amide bonds. The van der Waals surface area contributed by atoms with Crippen LogP contribution in [0.4, 0.5) is 26.3 Å². The lowest BCUT2D eigenvalue weighted by Crippen LogP contribution is -2.17. The molecule has 0 aliphatic carbocycles. The molecule has 2 rings (SSSR count). The number of halogens is 7. The van der Waals surface area contributed by atoms with E-state index in [2.05, 4.69) is 4.74 Å². The molecule has 118 valence electrons. The van der Waals surface area contributed by atoms with Gasteiger partial charge in [0.1, 0.15) is 5.75 Å². The summed E-state index contributed by atoms with van der Waals surface area (Å²) in [5.74, 6) is -0.628. The van der Waals surface area contributed by atoms with Crippen LogP contribution in [0.5, 0.6) is 5.75 Å². The Hall–Kier alpha value is -1.89. The fraction of sp³-hybridized carbons (Fsp3) is 0.143. The average Bonchev–Trinajstić information content (AvgIpc) is 2.37. The van der Waals surface area contributed by atoms with Gasteiger partial charge in [-0.05, 0) is 12.1 Å². The summed E-state index contributed by atoms with van der Waals surface area (Å²) in [6.07, 6.45) is -9.68. The molecule has 0 aliphatic heterocycles. The van der Waals surface area contributed by atoms with Gasteiger partial charge in [-0.2, -0.15) is 13.2 Å². The van der Waals surface area contributed by atoms with E-state index in [0.29, 0.717) is 0 Å². The van der Waals surface area contributed by atoms with Crippen molar-refractivity contribution in [2.45, 2.75) is 12.5 Å². The zero-order valence-electron chi connectivity index (χ0n) is 10.6. The Labute approximate surface area is 126 Å². The van der Waals surface area contributed by atoms with E-state index in [4.69, 9.17) is 11.6 Å². The Morgan fingerprint density at radius 1 is 0.773 bits per heavy atom. The third kappa shape index (κ3) is 3.65. The quantitative estimate of drug-likeness (QED) is 0.616. The van der Waals surface area contributed by atoms with Crippen molar-refractivity contribution >= 4 is 11.6 Å². The van der Waals surface area contributed by atoms with Gasteiger partial charge >= 0.3 is 12.5 Å². The summed E-state index contributed by atoms with van der Waals surface area (Å²) in [5, 5.41) is -0.687. The molecule has 0 saturated heterocycles. The zero-order valence-corrected chi connectivity index (χ0v) is 11.4. The highest BCUT2D eigenvalue weighted by Gasteiger charge is 2.35. The molecule has 1 nitrogen and oxygen atoms in total. The Bertz CT molecular complexity index is 678. The van der Waals surface area contributed by atoms with Crippen LogP contribution in [0.25, 0.3) is 11.1 Å². The minimum absolute atomic E-state index is 0.184. The maximum absolute atomic E-state index is 12.8. The standard InChI is InChI=1S/C14H7ClF6O/c15-12-9(5-3-6-10(12)13(16,17)18)8-4-1-2-7-11(8)22-14(19,20)21/h1-7H. The van der Waals surface area contributed by atoms with E-state index >= 15 is 0 Å². The van der Waals surface area contributed by atoms with Crippen molar-refractivity contribution < 1.29 is 31.1 Å². The number of ether oxygens (including phenoxy) is 1. The van der Waals surface area contributed by atoms with Crippen LogP contribution < -0.4 is 4.74 Å². The smallest absolute Gasteiger partial charge is 0.405 e. The highest BCUT2D eigenvalue weighted by molar-refractivity contribution is 6.34. The van der Waals surface area contributed by atoms with E-state index in [-0.39, 0.29) is 11.1 Å². The van der Waals surface area contributed by atoms with Crippen molar-refractivity contribution in [2.24, 2.45) is 0 Å². The van der Waals surface area contributed by atoms with Gasteiger partial charge in [-0.1, -0.05) is 41.9 Å². The van der Waals surface area contributed by atoms with Gasteiger partial charge in [-0.15, -0.1) is 13.2 Å². The van der Waals surface area contributed by atoms with Crippen LogP contribution >= 0.6 is 11.6 Å². The summed E-state index contributed by atoms with van der Waals surface area (Å²) in [4.78, 5) is 0.